The fraction of sp³-hybridized carbons (Fsp3) is 0.286. The average molecular weight is 167 g/mol. The Balaban J connectivity index is 2.65. The molecule has 64 valence electrons. The van der Waals surface area contributed by atoms with Crippen molar-refractivity contribution in [1.82, 2.24) is 10.6 Å². The second-order valence-corrected chi connectivity index (χ2v) is 2.15. The molecular weight excluding hydrogens is 158 g/mol. The van der Waals surface area contributed by atoms with Gasteiger partial charge in [0.15, 0.2) is 5.69 Å². The molecule has 0 aliphatic heterocycles. The summed E-state index contributed by atoms with van der Waals surface area (Å²) < 4.78 is 4.70. The number of carbonyl (C=O) groups is 1. The number of nitrogens with zero attached hydrogens (tertiary/aromatic N) is 2. The summed E-state index contributed by atoms with van der Waals surface area (Å²) in [5, 5.41) is 7.06. The van der Waals surface area contributed by atoms with E-state index in [1.54, 1.807) is 19.9 Å². The second kappa shape index (κ2) is 3.66. The molecule has 0 fully saturated rings. The molecule has 0 spiro atoms. The van der Waals surface area contributed by atoms with Gasteiger partial charge in [-0.25, -0.2) is 5.43 Å². The second-order valence-electron chi connectivity index (χ2n) is 2.15. The predicted molar refractivity (Wildman–Crippen MR) is 42.9 cm³/mol. The molecule has 0 saturated carbocycles. The van der Waals surface area contributed by atoms with E-state index in [1.165, 1.54) is 6.21 Å². The van der Waals surface area contributed by atoms with Crippen molar-refractivity contribution in [2.75, 3.05) is 0 Å². The van der Waals surface area contributed by atoms with Gasteiger partial charge in [0, 0.05) is 12.3 Å². The molecule has 5 nitrogen and oxygen atoms in total. The Hall–Kier alpha value is -1.65. The molecule has 0 radical (unpaired) electrons. The SMILES string of the molecule is CC=NNC(=O)c1cc(C)on1. The monoisotopic (exact) mass is 167 g/mol. The zero-order chi connectivity index (χ0) is 8.97. The van der Waals surface area contributed by atoms with Gasteiger partial charge in [-0.15, -0.1) is 0 Å². The van der Waals surface area contributed by atoms with E-state index >= 15 is 0 Å². The summed E-state index contributed by atoms with van der Waals surface area (Å²) >= 11 is 0. The summed E-state index contributed by atoms with van der Waals surface area (Å²) in [4.78, 5) is 11.1. The smallest absolute Gasteiger partial charge is 0.293 e. The van der Waals surface area contributed by atoms with E-state index in [1.807, 2.05) is 0 Å². The molecule has 0 unspecified atom stereocenters. The first-order valence-corrected chi connectivity index (χ1v) is 3.45. The molecule has 5 heteroatoms. The highest BCUT2D eigenvalue weighted by Gasteiger charge is 2.08. The number of hydrazone groups is 1. The minimum absolute atomic E-state index is 0.234. The maximum Gasteiger partial charge on any atom is 0.293 e. The van der Waals surface area contributed by atoms with Crippen LogP contribution in [0.1, 0.15) is 23.2 Å². The minimum atomic E-state index is -0.370. The van der Waals surface area contributed by atoms with Gasteiger partial charge in [0.25, 0.3) is 5.91 Å². The number of nitrogens with one attached hydrogen (secondary N) is 1. The van der Waals surface area contributed by atoms with Crippen LogP contribution in [0.2, 0.25) is 0 Å². The quantitative estimate of drug-likeness (QED) is 0.521. The lowest BCUT2D eigenvalue weighted by molar-refractivity contribution is 0.0946. The molecule has 0 aliphatic rings. The number of aryl methyl sites for hydroxylation is 1. The van der Waals surface area contributed by atoms with Crippen LogP contribution in [0, 0.1) is 6.92 Å². The van der Waals surface area contributed by atoms with Crippen molar-refractivity contribution in [2.24, 2.45) is 5.10 Å². The van der Waals surface area contributed by atoms with Gasteiger partial charge in [0.2, 0.25) is 0 Å². The van der Waals surface area contributed by atoms with Crippen LogP contribution in [-0.4, -0.2) is 17.3 Å². The van der Waals surface area contributed by atoms with Gasteiger partial charge in [-0.2, -0.15) is 5.10 Å². The van der Waals surface area contributed by atoms with E-state index in [4.69, 9.17) is 4.52 Å². The zero-order valence-corrected chi connectivity index (χ0v) is 6.87. The number of amides is 1. The van der Waals surface area contributed by atoms with Crippen LogP contribution in [0.15, 0.2) is 15.7 Å². The summed E-state index contributed by atoms with van der Waals surface area (Å²) in [6, 6.07) is 1.54. The molecule has 1 amide bonds. The molecule has 0 aliphatic carbocycles. The number of carbonyl (C=O) groups excluding carboxylic acids is 1. The Labute approximate surface area is 69.4 Å². The van der Waals surface area contributed by atoms with Gasteiger partial charge in [0.1, 0.15) is 5.76 Å². The molecule has 0 bridgehead atoms. The molecular formula is C7H9N3O2. The standard InChI is InChI=1S/C7H9N3O2/c1-3-8-9-7(11)6-4-5(2)12-10-6/h3-4H,1-2H3,(H,9,11). The van der Waals surface area contributed by atoms with Crippen molar-refractivity contribution in [3.63, 3.8) is 0 Å². The third-order valence-electron chi connectivity index (χ3n) is 1.16. The Morgan fingerprint density at radius 2 is 2.58 bits per heavy atom. The average Bonchev–Trinajstić information content (AvgIpc) is 2.47. The topological polar surface area (TPSA) is 67.5 Å². The minimum Gasteiger partial charge on any atom is -0.361 e. The molecule has 1 heterocycles. The van der Waals surface area contributed by atoms with Crippen molar-refractivity contribution in [1.29, 1.82) is 0 Å². The highest BCUT2D eigenvalue weighted by atomic mass is 16.5. The highest BCUT2D eigenvalue weighted by molar-refractivity contribution is 5.92. The fourth-order valence-corrected chi connectivity index (χ4v) is 0.654. The van der Waals surface area contributed by atoms with Crippen LogP contribution < -0.4 is 5.43 Å². The summed E-state index contributed by atoms with van der Waals surface area (Å²) in [6.45, 7) is 3.42. The number of hydrogen-bond acceptors (Lipinski definition) is 4. The van der Waals surface area contributed by atoms with Crippen LogP contribution in [0.4, 0.5) is 0 Å². The first kappa shape index (κ1) is 8.45. The normalized spacial score (nSPS) is 10.5. The lowest BCUT2D eigenvalue weighted by atomic mass is 10.4. The number of hydrogen-bond donors (Lipinski definition) is 1. The van der Waals surface area contributed by atoms with Crippen molar-refractivity contribution in [2.45, 2.75) is 13.8 Å². The molecule has 12 heavy (non-hydrogen) atoms. The van der Waals surface area contributed by atoms with Gasteiger partial charge in [-0.05, 0) is 13.8 Å². The summed E-state index contributed by atoms with van der Waals surface area (Å²) in [7, 11) is 0. The molecule has 1 rings (SSSR count). The van der Waals surface area contributed by atoms with Gasteiger partial charge >= 0.3 is 0 Å². The van der Waals surface area contributed by atoms with Crippen LogP contribution in [0.3, 0.4) is 0 Å². The fourth-order valence-electron chi connectivity index (χ4n) is 0.654. The van der Waals surface area contributed by atoms with E-state index in [0.29, 0.717) is 5.76 Å². The van der Waals surface area contributed by atoms with Crippen molar-refractivity contribution < 1.29 is 9.32 Å². The van der Waals surface area contributed by atoms with E-state index in [-0.39, 0.29) is 11.6 Å². The third kappa shape index (κ3) is 1.91. The molecule has 1 N–H and O–H groups in total. The van der Waals surface area contributed by atoms with Crippen molar-refractivity contribution in [3.8, 4) is 0 Å². The Bertz CT molecular complexity index is 303. The number of aromatic nitrogens is 1. The van der Waals surface area contributed by atoms with E-state index < -0.39 is 0 Å². The molecule has 0 aromatic carbocycles. The van der Waals surface area contributed by atoms with Gasteiger partial charge < -0.3 is 4.52 Å². The van der Waals surface area contributed by atoms with Crippen LogP contribution in [-0.2, 0) is 0 Å². The molecule has 0 saturated heterocycles. The molecule has 1 aromatic rings. The number of rotatable bonds is 2. The van der Waals surface area contributed by atoms with E-state index in [9.17, 15) is 4.79 Å². The predicted octanol–water partition coefficient (Wildman–Crippen LogP) is 0.719. The highest BCUT2D eigenvalue weighted by Crippen LogP contribution is 2.00. The lowest BCUT2D eigenvalue weighted by Gasteiger charge is -1.90. The third-order valence-corrected chi connectivity index (χ3v) is 1.16. The Morgan fingerprint density at radius 3 is 3.08 bits per heavy atom. The van der Waals surface area contributed by atoms with E-state index in [0.717, 1.165) is 0 Å². The van der Waals surface area contributed by atoms with Crippen LogP contribution in [0.5, 0.6) is 0 Å². The van der Waals surface area contributed by atoms with E-state index in [2.05, 4.69) is 15.7 Å². The molecule has 1 aromatic heterocycles. The van der Waals surface area contributed by atoms with Gasteiger partial charge in [-0.1, -0.05) is 5.16 Å². The molecule has 0 atom stereocenters. The van der Waals surface area contributed by atoms with Crippen molar-refractivity contribution in [3.05, 3.63) is 17.5 Å². The van der Waals surface area contributed by atoms with Gasteiger partial charge in [0.05, 0.1) is 0 Å². The Morgan fingerprint density at radius 1 is 1.83 bits per heavy atom. The van der Waals surface area contributed by atoms with Crippen LogP contribution in [0.25, 0.3) is 0 Å². The first-order valence-electron chi connectivity index (χ1n) is 3.45. The first-order chi connectivity index (χ1) is 5.74. The van der Waals surface area contributed by atoms with Crippen LogP contribution >= 0.6 is 0 Å². The largest absolute Gasteiger partial charge is 0.361 e. The summed E-state index contributed by atoms with van der Waals surface area (Å²) in [5.74, 6) is 0.227. The summed E-state index contributed by atoms with van der Waals surface area (Å²) in [6.07, 6.45) is 1.48. The van der Waals surface area contributed by atoms with Crippen molar-refractivity contribution >= 4 is 12.1 Å². The Kier molecular flexibility index (Phi) is 2.57. The maximum absolute atomic E-state index is 11.1. The zero-order valence-electron chi connectivity index (χ0n) is 6.87. The van der Waals surface area contributed by atoms with Gasteiger partial charge in [-0.3, -0.25) is 4.79 Å². The summed E-state index contributed by atoms with van der Waals surface area (Å²) in [5.41, 5.74) is 2.50. The lowest BCUT2D eigenvalue weighted by Crippen LogP contribution is -2.17. The maximum atomic E-state index is 11.1.